The maximum Gasteiger partial charge on any atom is 0.270 e. The van der Waals surface area contributed by atoms with Gasteiger partial charge in [-0.25, -0.2) is 14.2 Å². The van der Waals surface area contributed by atoms with Crippen molar-refractivity contribution < 1.29 is 4.92 Å². The Labute approximate surface area is 209 Å². The lowest BCUT2D eigenvalue weighted by molar-refractivity contribution is -0.384. The van der Waals surface area contributed by atoms with E-state index in [9.17, 15) is 10.1 Å². The van der Waals surface area contributed by atoms with Crippen molar-refractivity contribution in [1.29, 1.82) is 0 Å². The van der Waals surface area contributed by atoms with Crippen LogP contribution < -0.4 is 4.90 Å². The van der Waals surface area contributed by atoms with Crippen LogP contribution in [-0.2, 0) is 5.41 Å². The lowest BCUT2D eigenvalue weighted by Crippen LogP contribution is -2.30. The van der Waals surface area contributed by atoms with Gasteiger partial charge in [-0.1, -0.05) is 45.9 Å². The Bertz CT molecular complexity index is 1270. The monoisotopic (exact) mass is 544 g/mol. The molecule has 0 saturated heterocycles. The minimum atomic E-state index is -2.53. The van der Waals surface area contributed by atoms with E-state index in [1.807, 2.05) is 18.0 Å². The minimum Gasteiger partial charge on any atom is -0.346 e. The van der Waals surface area contributed by atoms with Gasteiger partial charge in [0.25, 0.3) is 5.69 Å². The third-order valence-corrected chi connectivity index (χ3v) is 11.1. The number of nitrogens with zero attached hydrogens (tertiary/aromatic N) is 6. The molecule has 2 aliphatic heterocycles. The number of hydrogen-bond donors (Lipinski definition) is 0. The summed E-state index contributed by atoms with van der Waals surface area (Å²) >= 11 is 3.54. The summed E-state index contributed by atoms with van der Waals surface area (Å²) in [6, 6.07) is 13.2. The molecule has 34 heavy (non-hydrogen) atoms. The van der Waals surface area contributed by atoms with Gasteiger partial charge in [0.15, 0.2) is 7.36 Å². The molecular formula is C24H30BrN6O2P. The van der Waals surface area contributed by atoms with E-state index in [1.165, 1.54) is 29.1 Å². The molecule has 2 aromatic rings. The Morgan fingerprint density at radius 1 is 1.18 bits per heavy atom. The molecule has 2 aliphatic rings. The predicted octanol–water partition coefficient (Wildman–Crippen LogP) is 6.93. The van der Waals surface area contributed by atoms with Crippen LogP contribution in [0, 0.1) is 10.1 Å². The number of likely N-dealkylation sites (N-methyl/N-ethyl adjacent to an activating group) is 1. The average molecular weight is 545 g/mol. The third kappa shape index (κ3) is 3.61. The molecule has 2 heterocycles. The summed E-state index contributed by atoms with van der Waals surface area (Å²) in [4.78, 5) is 13.2. The van der Waals surface area contributed by atoms with Crippen molar-refractivity contribution in [2.45, 2.75) is 33.1 Å². The zero-order valence-corrected chi connectivity index (χ0v) is 22.8. The first-order chi connectivity index (χ1) is 16.1. The number of rotatable bonds is 5. The molecule has 180 valence electrons. The van der Waals surface area contributed by atoms with E-state index >= 15 is 0 Å². The quantitative estimate of drug-likeness (QED) is 0.231. The van der Waals surface area contributed by atoms with E-state index in [0.717, 1.165) is 18.4 Å². The second kappa shape index (κ2) is 8.95. The Balaban J connectivity index is 2.05. The number of nitro groups is 1. The molecule has 0 spiro atoms. The highest BCUT2D eigenvalue weighted by Crippen LogP contribution is 2.69. The summed E-state index contributed by atoms with van der Waals surface area (Å²) in [7, 11) is 1.56. The van der Waals surface area contributed by atoms with Gasteiger partial charge >= 0.3 is 0 Å². The number of para-hydroxylation sites is 1. The molecule has 0 aromatic heterocycles. The summed E-state index contributed by atoms with van der Waals surface area (Å²) in [5.41, 5.74) is 4.12. The minimum absolute atomic E-state index is 0.0303. The molecular weight excluding hydrogens is 515 g/mol. The molecule has 1 atom stereocenters. The fourth-order valence-corrected chi connectivity index (χ4v) is 9.40. The van der Waals surface area contributed by atoms with Gasteiger partial charge in [-0.05, 0) is 33.6 Å². The fraction of sp³-hybridized carbons (Fsp3) is 0.375. The number of anilines is 1. The highest BCUT2D eigenvalue weighted by Gasteiger charge is 2.47. The van der Waals surface area contributed by atoms with Crippen molar-refractivity contribution in [3.8, 4) is 0 Å². The Morgan fingerprint density at radius 3 is 2.44 bits per heavy atom. The van der Waals surface area contributed by atoms with E-state index in [4.69, 9.17) is 9.85 Å². The van der Waals surface area contributed by atoms with Gasteiger partial charge in [0.2, 0.25) is 0 Å². The summed E-state index contributed by atoms with van der Waals surface area (Å²) in [6.45, 7) is 10.4. The van der Waals surface area contributed by atoms with Crippen LogP contribution in [0.25, 0.3) is 0 Å². The molecule has 4 rings (SSSR count). The molecule has 10 heteroatoms. The maximum atomic E-state index is 11.3. The molecule has 0 fully saturated rings. The van der Waals surface area contributed by atoms with E-state index < -0.39 is 12.3 Å². The van der Waals surface area contributed by atoms with Crippen molar-refractivity contribution in [3.05, 3.63) is 73.6 Å². The topological polar surface area (TPSA) is 77.6 Å². The number of hydrazone groups is 1. The third-order valence-electron chi connectivity index (χ3n) is 6.70. The lowest BCUT2D eigenvalue weighted by Gasteiger charge is -2.39. The molecule has 0 radical (unpaired) electrons. The molecule has 8 nitrogen and oxygen atoms in total. The van der Waals surface area contributed by atoms with Crippen molar-refractivity contribution in [3.63, 3.8) is 0 Å². The van der Waals surface area contributed by atoms with Gasteiger partial charge < -0.3 is 4.90 Å². The van der Waals surface area contributed by atoms with Crippen LogP contribution in [0.2, 0.25) is 0 Å². The van der Waals surface area contributed by atoms with Gasteiger partial charge in [-0.15, -0.1) is 0 Å². The Kier molecular flexibility index (Phi) is 6.48. The predicted molar refractivity (Wildman–Crippen MR) is 144 cm³/mol. The van der Waals surface area contributed by atoms with E-state index in [2.05, 4.69) is 84.5 Å². The highest BCUT2D eigenvalue weighted by atomic mass is 79.9. The number of benzene rings is 2. The standard InChI is InChI=1S/C24H30BrN6O2P/c1-7-30(8-2)34(27-20-14-13-17(31(32)33)15-19(20)25)22(16-26-29(34)6)23-24(3,4)18-11-9-10-12-21(18)28(23)5/h9-16H,7-8H2,1-6H3. The summed E-state index contributed by atoms with van der Waals surface area (Å²) in [6.07, 6.45) is 1.97. The van der Waals surface area contributed by atoms with Gasteiger partial charge in [0.05, 0.1) is 26.6 Å². The van der Waals surface area contributed by atoms with Crippen LogP contribution in [0.15, 0.2) is 67.8 Å². The first-order valence-corrected chi connectivity index (χ1v) is 13.7. The molecule has 0 amide bonds. The zero-order chi connectivity index (χ0) is 24.8. The highest BCUT2D eigenvalue weighted by molar-refractivity contribution is 9.10. The zero-order valence-electron chi connectivity index (χ0n) is 20.4. The van der Waals surface area contributed by atoms with Crippen LogP contribution in [0.4, 0.5) is 17.1 Å². The molecule has 0 bridgehead atoms. The molecule has 1 unspecified atom stereocenters. The van der Waals surface area contributed by atoms with Crippen LogP contribution in [0.3, 0.4) is 0 Å². The summed E-state index contributed by atoms with van der Waals surface area (Å²) in [5.74, 6) is 0. The average Bonchev–Trinajstić information content (AvgIpc) is 3.21. The lowest BCUT2D eigenvalue weighted by atomic mass is 9.84. The molecule has 0 aliphatic carbocycles. The van der Waals surface area contributed by atoms with Crippen molar-refractivity contribution in [2.75, 3.05) is 32.1 Å². The normalized spacial score (nSPS) is 23.1. The van der Waals surface area contributed by atoms with Crippen LogP contribution in [0.1, 0.15) is 33.3 Å². The van der Waals surface area contributed by atoms with E-state index in [0.29, 0.717) is 10.2 Å². The first kappa shape index (κ1) is 24.6. The fourth-order valence-electron chi connectivity index (χ4n) is 5.08. The SMILES string of the molecule is CCN(CC)P1(=Nc2ccc([N+](=O)[O-])cc2Br)C(=C2N(C)c3ccccc3C2(C)C)C=NN1C. The smallest absolute Gasteiger partial charge is 0.270 e. The number of non-ortho nitro benzene ring substituents is 1. The van der Waals surface area contributed by atoms with Crippen molar-refractivity contribution in [2.24, 2.45) is 9.85 Å². The number of hydrogen-bond acceptors (Lipinski definition) is 5. The second-order valence-electron chi connectivity index (χ2n) is 8.87. The Morgan fingerprint density at radius 2 is 1.85 bits per heavy atom. The molecule has 2 aromatic carbocycles. The van der Waals surface area contributed by atoms with E-state index in [1.54, 1.807) is 6.07 Å². The van der Waals surface area contributed by atoms with Crippen LogP contribution in [-0.4, -0.2) is 47.8 Å². The largest absolute Gasteiger partial charge is 0.346 e. The molecule has 0 saturated carbocycles. The Hall–Kier alpha value is -2.48. The first-order valence-electron chi connectivity index (χ1n) is 11.3. The van der Waals surface area contributed by atoms with Gasteiger partial charge in [-0.3, -0.25) is 10.1 Å². The van der Waals surface area contributed by atoms with Gasteiger partial charge in [0.1, 0.15) is 0 Å². The van der Waals surface area contributed by atoms with Crippen LogP contribution in [0.5, 0.6) is 0 Å². The number of nitro benzene ring substituents is 1. The van der Waals surface area contributed by atoms with Gasteiger partial charge in [0, 0.05) is 56.1 Å². The molecule has 0 N–H and O–H groups in total. The van der Waals surface area contributed by atoms with E-state index in [-0.39, 0.29) is 11.1 Å². The van der Waals surface area contributed by atoms with Crippen molar-refractivity contribution in [1.82, 2.24) is 9.45 Å². The maximum absolute atomic E-state index is 11.3. The van der Waals surface area contributed by atoms with Crippen LogP contribution >= 0.6 is 23.3 Å². The number of halogens is 1. The summed E-state index contributed by atoms with van der Waals surface area (Å²) < 4.78 is 10.4. The van der Waals surface area contributed by atoms with Crippen molar-refractivity contribution >= 4 is 46.6 Å². The summed E-state index contributed by atoms with van der Waals surface area (Å²) in [5, 5.41) is 17.2. The number of allylic oxidation sites excluding steroid dienone is 2. The van der Waals surface area contributed by atoms with Gasteiger partial charge in [-0.2, -0.15) is 5.10 Å². The second-order valence-corrected chi connectivity index (χ2v) is 12.7. The number of fused-ring (bicyclic) bond motifs is 1.